The first-order valence-corrected chi connectivity index (χ1v) is 7.66. The number of rotatable bonds is 3. The largest absolute Gasteiger partial charge is 0.416 e. The van der Waals surface area contributed by atoms with Gasteiger partial charge in [-0.2, -0.15) is 13.2 Å². The summed E-state index contributed by atoms with van der Waals surface area (Å²) in [5.74, 6) is 0.433. The van der Waals surface area contributed by atoms with Crippen LogP contribution in [0.5, 0.6) is 0 Å². The maximum atomic E-state index is 12.7. The van der Waals surface area contributed by atoms with Gasteiger partial charge in [-0.05, 0) is 36.2 Å². The van der Waals surface area contributed by atoms with Crippen LogP contribution in [-0.4, -0.2) is 9.97 Å². The van der Waals surface area contributed by atoms with Gasteiger partial charge in [-0.25, -0.2) is 4.98 Å². The van der Waals surface area contributed by atoms with Crippen LogP contribution in [0.4, 0.5) is 13.2 Å². The molecule has 1 N–H and O–H groups in total. The third kappa shape index (κ3) is 3.27. The Hall–Kier alpha value is -1.95. The number of alkyl halides is 3. The van der Waals surface area contributed by atoms with E-state index in [1.807, 2.05) is 25.1 Å². The Morgan fingerprint density at radius 1 is 1.14 bits per heavy atom. The number of nitrogens with zero attached hydrogens (tertiary/aromatic N) is 1. The fourth-order valence-corrected chi connectivity index (χ4v) is 2.99. The van der Waals surface area contributed by atoms with Gasteiger partial charge in [0.1, 0.15) is 0 Å². The minimum atomic E-state index is -4.31. The smallest absolute Gasteiger partial charge is 0.333 e. The Labute approximate surface area is 129 Å². The molecule has 0 aliphatic carbocycles. The molecule has 2 nitrogen and oxygen atoms in total. The molecular formula is C16H13F3N2S. The molecule has 1 aromatic heterocycles. The summed E-state index contributed by atoms with van der Waals surface area (Å²) in [5, 5.41) is 0.706. The first-order chi connectivity index (χ1) is 10.4. The molecule has 0 spiro atoms. The second-order valence-corrected chi connectivity index (χ2v) is 6.01. The summed E-state index contributed by atoms with van der Waals surface area (Å²) in [6.45, 7) is 2.00. The number of thioether (sulfide) groups is 1. The Balaban J connectivity index is 1.76. The molecule has 3 aromatic rings. The van der Waals surface area contributed by atoms with Crippen LogP contribution in [0, 0.1) is 6.92 Å². The summed E-state index contributed by atoms with van der Waals surface area (Å²) < 4.78 is 38.0. The van der Waals surface area contributed by atoms with Crippen molar-refractivity contribution in [1.29, 1.82) is 0 Å². The van der Waals surface area contributed by atoms with E-state index in [0.29, 0.717) is 16.5 Å². The molecule has 0 fully saturated rings. The number of aromatic nitrogens is 2. The number of aryl methyl sites for hydroxylation is 1. The molecule has 2 aromatic carbocycles. The summed E-state index contributed by atoms with van der Waals surface area (Å²) >= 11 is 1.39. The summed E-state index contributed by atoms with van der Waals surface area (Å²) in [5.41, 5.74) is 2.93. The van der Waals surface area contributed by atoms with Gasteiger partial charge in [-0.1, -0.05) is 36.0 Å². The monoisotopic (exact) mass is 322 g/mol. The van der Waals surface area contributed by atoms with Gasteiger partial charge in [0.2, 0.25) is 0 Å². The maximum Gasteiger partial charge on any atom is 0.416 e. The van der Waals surface area contributed by atoms with Crippen molar-refractivity contribution in [1.82, 2.24) is 9.97 Å². The quantitative estimate of drug-likeness (QED) is 0.673. The first-order valence-electron chi connectivity index (χ1n) is 6.67. The Morgan fingerprint density at radius 2 is 1.95 bits per heavy atom. The Morgan fingerprint density at radius 3 is 2.73 bits per heavy atom. The summed E-state index contributed by atoms with van der Waals surface area (Å²) in [7, 11) is 0. The number of nitrogens with one attached hydrogen (secondary N) is 1. The molecule has 0 bridgehead atoms. The molecule has 0 radical (unpaired) electrons. The molecule has 0 atom stereocenters. The lowest BCUT2D eigenvalue weighted by atomic mass is 10.1. The van der Waals surface area contributed by atoms with Crippen molar-refractivity contribution in [3.05, 3.63) is 59.2 Å². The van der Waals surface area contributed by atoms with Crippen LogP contribution in [0.15, 0.2) is 47.6 Å². The fourth-order valence-electron chi connectivity index (χ4n) is 2.16. The van der Waals surface area contributed by atoms with E-state index >= 15 is 0 Å². The van der Waals surface area contributed by atoms with Gasteiger partial charge >= 0.3 is 6.18 Å². The van der Waals surface area contributed by atoms with Crippen molar-refractivity contribution < 1.29 is 13.2 Å². The van der Waals surface area contributed by atoms with Crippen molar-refractivity contribution in [2.75, 3.05) is 0 Å². The normalized spacial score (nSPS) is 12.0. The second kappa shape index (κ2) is 5.68. The lowest BCUT2D eigenvalue weighted by molar-refractivity contribution is -0.137. The number of halogens is 3. The molecule has 0 saturated carbocycles. The van der Waals surface area contributed by atoms with Crippen LogP contribution in [0.3, 0.4) is 0 Å². The predicted molar refractivity (Wildman–Crippen MR) is 81.8 cm³/mol. The molecular weight excluding hydrogens is 309 g/mol. The van der Waals surface area contributed by atoms with Crippen LogP contribution >= 0.6 is 11.8 Å². The van der Waals surface area contributed by atoms with E-state index in [0.717, 1.165) is 22.7 Å². The van der Waals surface area contributed by atoms with Gasteiger partial charge in [-0.3, -0.25) is 0 Å². The summed E-state index contributed by atoms with van der Waals surface area (Å²) in [6, 6.07) is 11.3. The molecule has 0 unspecified atom stereocenters. The lowest BCUT2D eigenvalue weighted by Crippen LogP contribution is -2.04. The highest BCUT2D eigenvalue weighted by atomic mass is 32.2. The number of benzene rings is 2. The number of imidazole rings is 1. The third-order valence-corrected chi connectivity index (χ3v) is 4.19. The predicted octanol–water partition coefficient (Wildman–Crippen LogP) is 5.18. The summed E-state index contributed by atoms with van der Waals surface area (Å²) in [4.78, 5) is 7.61. The van der Waals surface area contributed by atoms with E-state index in [2.05, 4.69) is 9.97 Å². The number of hydrogen-bond acceptors (Lipinski definition) is 2. The third-order valence-electron chi connectivity index (χ3n) is 3.25. The van der Waals surface area contributed by atoms with Crippen LogP contribution in [0.1, 0.15) is 16.7 Å². The zero-order valence-corrected chi connectivity index (χ0v) is 12.6. The van der Waals surface area contributed by atoms with Crippen molar-refractivity contribution >= 4 is 22.8 Å². The molecule has 6 heteroatoms. The standard InChI is InChI=1S/C16H13F3N2S/c1-10-5-6-13-14(7-10)21-15(20-13)22-9-11-3-2-4-12(8-11)16(17,18)19/h2-8H,9H2,1H3,(H,20,21). The molecule has 22 heavy (non-hydrogen) atoms. The maximum absolute atomic E-state index is 12.7. The van der Waals surface area contributed by atoms with E-state index in [1.54, 1.807) is 6.07 Å². The molecule has 3 rings (SSSR count). The zero-order chi connectivity index (χ0) is 15.7. The molecule has 114 valence electrons. The first kappa shape index (κ1) is 15.0. The number of fused-ring (bicyclic) bond motifs is 1. The van der Waals surface area contributed by atoms with Crippen LogP contribution in [-0.2, 0) is 11.9 Å². The van der Waals surface area contributed by atoms with Crippen LogP contribution in [0.2, 0.25) is 0 Å². The average molecular weight is 322 g/mol. The van der Waals surface area contributed by atoms with E-state index < -0.39 is 11.7 Å². The van der Waals surface area contributed by atoms with E-state index in [4.69, 9.17) is 0 Å². The molecule has 0 amide bonds. The Bertz CT molecular complexity index is 809. The van der Waals surface area contributed by atoms with Crippen molar-refractivity contribution in [3.8, 4) is 0 Å². The number of H-pyrrole nitrogens is 1. The van der Waals surface area contributed by atoms with Crippen molar-refractivity contribution in [3.63, 3.8) is 0 Å². The minimum absolute atomic E-state index is 0.433. The Kier molecular flexibility index (Phi) is 3.87. The van der Waals surface area contributed by atoms with Gasteiger partial charge in [0.25, 0.3) is 0 Å². The molecule has 0 aliphatic rings. The zero-order valence-electron chi connectivity index (χ0n) is 11.7. The number of aromatic amines is 1. The highest BCUT2D eigenvalue weighted by molar-refractivity contribution is 7.98. The molecule has 1 heterocycles. The average Bonchev–Trinajstić information content (AvgIpc) is 2.86. The highest BCUT2D eigenvalue weighted by Gasteiger charge is 2.30. The molecule has 0 aliphatic heterocycles. The van der Waals surface area contributed by atoms with Gasteiger partial charge in [-0.15, -0.1) is 0 Å². The van der Waals surface area contributed by atoms with Crippen molar-refractivity contribution in [2.45, 2.75) is 24.0 Å². The van der Waals surface area contributed by atoms with Gasteiger partial charge in [0.05, 0.1) is 16.6 Å². The highest BCUT2D eigenvalue weighted by Crippen LogP contribution is 2.31. The van der Waals surface area contributed by atoms with Crippen molar-refractivity contribution in [2.24, 2.45) is 0 Å². The topological polar surface area (TPSA) is 28.7 Å². The van der Waals surface area contributed by atoms with Crippen LogP contribution < -0.4 is 0 Å². The second-order valence-electron chi connectivity index (χ2n) is 5.05. The van der Waals surface area contributed by atoms with Gasteiger partial charge in [0.15, 0.2) is 5.16 Å². The SMILES string of the molecule is Cc1ccc2nc(SCc3cccc(C(F)(F)F)c3)[nH]c2c1. The minimum Gasteiger partial charge on any atom is -0.333 e. The van der Waals surface area contributed by atoms with E-state index in [-0.39, 0.29) is 0 Å². The van der Waals surface area contributed by atoms with Gasteiger partial charge < -0.3 is 4.98 Å². The number of hydrogen-bond donors (Lipinski definition) is 1. The summed E-state index contributed by atoms with van der Waals surface area (Å²) in [6.07, 6.45) is -4.31. The fraction of sp³-hybridized carbons (Fsp3) is 0.188. The van der Waals surface area contributed by atoms with E-state index in [9.17, 15) is 13.2 Å². The van der Waals surface area contributed by atoms with Gasteiger partial charge in [0, 0.05) is 5.75 Å². The van der Waals surface area contributed by atoms with E-state index in [1.165, 1.54) is 23.9 Å². The molecule has 0 saturated heterocycles. The van der Waals surface area contributed by atoms with Crippen LogP contribution in [0.25, 0.3) is 11.0 Å². The lowest BCUT2D eigenvalue weighted by Gasteiger charge is -2.07.